The Balaban J connectivity index is 1.72. The molecule has 0 aromatic heterocycles. The molecule has 2 aromatic rings. The molecular formula is C18H21NO3. The summed E-state index contributed by atoms with van der Waals surface area (Å²) in [5.74, 6) is 1.01. The van der Waals surface area contributed by atoms with Crippen LogP contribution < -0.4 is 10.1 Å². The number of carbonyl (C=O) groups excluding carboxylic acids is 1. The fraction of sp³-hybridized carbons (Fsp3) is 0.278. The molecule has 0 aliphatic heterocycles. The van der Waals surface area contributed by atoms with Crippen LogP contribution in [0.15, 0.2) is 48.5 Å². The van der Waals surface area contributed by atoms with Crippen molar-refractivity contribution in [3.63, 3.8) is 0 Å². The Bertz CT molecular complexity index is 608. The van der Waals surface area contributed by atoms with Gasteiger partial charge >= 0.3 is 0 Å². The van der Waals surface area contributed by atoms with E-state index >= 15 is 0 Å². The van der Waals surface area contributed by atoms with Crippen molar-refractivity contribution in [2.24, 2.45) is 0 Å². The van der Waals surface area contributed by atoms with E-state index < -0.39 is 0 Å². The zero-order chi connectivity index (χ0) is 15.8. The Kier molecular flexibility index (Phi) is 5.83. The molecule has 0 bridgehead atoms. The second kappa shape index (κ2) is 8.08. The molecule has 0 aliphatic carbocycles. The zero-order valence-electron chi connectivity index (χ0n) is 12.7. The summed E-state index contributed by atoms with van der Waals surface area (Å²) in [5.41, 5.74) is 2.04. The van der Waals surface area contributed by atoms with E-state index in [2.05, 4.69) is 5.32 Å². The molecule has 0 unspecified atom stereocenters. The number of carbonyl (C=O) groups is 1. The van der Waals surface area contributed by atoms with E-state index in [1.54, 1.807) is 19.2 Å². The summed E-state index contributed by atoms with van der Waals surface area (Å²) in [6.45, 7) is 0.634. The number of para-hydroxylation sites is 1. The molecule has 0 saturated carbocycles. The maximum absolute atomic E-state index is 11.9. The summed E-state index contributed by atoms with van der Waals surface area (Å²) < 4.78 is 5.24. The Morgan fingerprint density at radius 2 is 1.86 bits per heavy atom. The van der Waals surface area contributed by atoms with Crippen molar-refractivity contribution in [3.8, 4) is 11.5 Å². The molecule has 0 heterocycles. The number of benzene rings is 2. The predicted octanol–water partition coefficient (Wildman–Crippen LogP) is 2.69. The fourth-order valence-electron chi connectivity index (χ4n) is 2.27. The van der Waals surface area contributed by atoms with E-state index in [0.29, 0.717) is 13.0 Å². The highest BCUT2D eigenvalue weighted by molar-refractivity contribution is 5.79. The van der Waals surface area contributed by atoms with Crippen LogP contribution >= 0.6 is 0 Å². The van der Waals surface area contributed by atoms with Gasteiger partial charge in [0.2, 0.25) is 5.91 Å². The first-order chi connectivity index (χ1) is 10.7. The van der Waals surface area contributed by atoms with Gasteiger partial charge in [-0.05, 0) is 36.6 Å². The summed E-state index contributed by atoms with van der Waals surface area (Å²) >= 11 is 0. The van der Waals surface area contributed by atoms with Gasteiger partial charge in [-0.25, -0.2) is 0 Å². The maximum Gasteiger partial charge on any atom is 0.224 e. The Hall–Kier alpha value is -2.49. The minimum atomic E-state index is -0.00444. The van der Waals surface area contributed by atoms with Crippen LogP contribution in [-0.2, 0) is 17.6 Å². The van der Waals surface area contributed by atoms with Crippen molar-refractivity contribution in [2.45, 2.75) is 19.3 Å². The Morgan fingerprint density at radius 3 is 2.59 bits per heavy atom. The molecular weight excluding hydrogens is 278 g/mol. The normalized spacial score (nSPS) is 10.2. The van der Waals surface area contributed by atoms with Crippen LogP contribution in [0.1, 0.15) is 17.5 Å². The lowest BCUT2D eigenvalue weighted by atomic mass is 10.1. The molecule has 2 aromatic carbocycles. The van der Waals surface area contributed by atoms with Crippen LogP contribution in [0.3, 0.4) is 0 Å². The molecule has 0 atom stereocenters. The second-order valence-electron chi connectivity index (χ2n) is 5.11. The van der Waals surface area contributed by atoms with Crippen LogP contribution in [0.4, 0.5) is 0 Å². The van der Waals surface area contributed by atoms with E-state index in [4.69, 9.17) is 4.74 Å². The third kappa shape index (κ3) is 4.81. The number of amides is 1. The summed E-state index contributed by atoms with van der Waals surface area (Å²) in [7, 11) is 1.61. The van der Waals surface area contributed by atoms with Crippen LogP contribution in [0.5, 0.6) is 11.5 Å². The van der Waals surface area contributed by atoms with Crippen LogP contribution in [-0.4, -0.2) is 24.7 Å². The molecule has 0 fully saturated rings. The number of ether oxygens (including phenoxy) is 1. The Labute approximate surface area is 130 Å². The topological polar surface area (TPSA) is 58.6 Å². The van der Waals surface area contributed by atoms with Crippen molar-refractivity contribution in [2.75, 3.05) is 13.7 Å². The number of hydrogen-bond acceptors (Lipinski definition) is 3. The molecule has 22 heavy (non-hydrogen) atoms. The molecule has 2 rings (SSSR count). The molecule has 0 radical (unpaired) electrons. The number of phenols is 1. The molecule has 0 spiro atoms. The van der Waals surface area contributed by atoms with Gasteiger partial charge in [0.05, 0.1) is 13.5 Å². The highest BCUT2D eigenvalue weighted by Crippen LogP contribution is 2.17. The van der Waals surface area contributed by atoms with Crippen LogP contribution in [0.25, 0.3) is 0 Å². The molecule has 2 N–H and O–H groups in total. The van der Waals surface area contributed by atoms with Gasteiger partial charge in [0.25, 0.3) is 0 Å². The van der Waals surface area contributed by atoms with E-state index in [-0.39, 0.29) is 11.7 Å². The molecule has 4 nitrogen and oxygen atoms in total. The highest BCUT2D eigenvalue weighted by Gasteiger charge is 2.07. The average Bonchev–Trinajstić information content (AvgIpc) is 2.54. The van der Waals surface area contributed by atoms with Crippen molar-refractivity contribution < 1.29 is 14.6 Å². The number of hydrogen-bond donors (Lipinski definition) is 2. The lowest BCUT2D eigenvalue weighted by Crippen LogP contribution is -2.26. The number of phenolic OH excluding ortho intramolecular Hbond substituents is 1. The van der Waals surface area contributed by atoms with Gasteiger partial charge in [0.1, 0.15) is 11.5 Å². The third-order valence-electron chi connectivity index (χ3n) is 3.44. The highest BCUT2D eigenvalue weighted by atomic mass is 16.5. The first-order valence-electron chi connectivity index (χ1n) is 7.35. The molecule has 116 valence electrons. The minimum Gasteiger partial charge on any atom is -0.508 e. The van der Waals surface area contributed by atoms with Gasteiger partial charge < -0.3 is 15.2 Å². The van der Waals surface area contributed by atoms with Gasteiger partial charge in [-0.3, -0.25) is 4.79 Å². The molecule has 0 aliphatic rings. The number of aryl methyl sites for hydroxylation is 1. The summed E-state index contributed by atoms with van der Waals surface area (Å²) in [6, 6.07) is 14.7. The largest absolute Gasteiger partial charge is 0.508 e. The summed E-state index contributed by atoms with van der Waals surface area (Å²) in [4.78, 5) is 11.9. The van der Waals surface area contributed by atoms with E-state index in [1.165, 1.54) is 0 Å². The van der Waals surface area contributed by atoms with Gasteiger partial charge in [0.15, 0.2) is 0 Å². The first kappa shape index (κ1) is 15.9. The van der Waals surface area contributed by atoms with Crippen LogP contribution in [0.2, 0.25) is 0 Å². The zero-order valence-corrected chi connectivity index (χ0v) is 12.7. The number of nitrogens with one attached hydrogen (secondary N) is 1. The summed E-state index contributed by atoms with van der Waals surface area (Å²) in [6.07, 6.45) is 2.06. The third-order valence-corrected chi connectivity index (χ3v) is 3.44. The number of methoxy groups -OCH3 is 1. The fourth-order valence-corrected chi connectivity index (χ4v) is 2.27. The maximum atomic E-state index is 11.9. The standard InChI is InChI=1S/C18H21NO3/c1-22-17-7-3-2-6-15(17)13-18(21)19-12-4-5-14-8-10-16(20)11-9-14/h2-3,6-11,20H,4-5,12-13H2,1H3,(H,19,21). The lowest BCUT2D eigenvalue weighted by molar-refractivity contribution is -0.120. The number of aromatic hydroxyl groups is 1. The summed E-state index contributed by atoms with van der Waals surface area (Å²) in [5, 5.41) is 12.1. The van der Waals surface area contributed by atoms with Crippen molar-refractivity contribution in [3.05, 3.63) is 59.7 Å². The van der Waals surface area contributed by atoms with Gasteiger partial charge in [-0.15, -0.1) is 0 Å². The molecule has 4 heteroatoms. The van der Waals surface area contributed by atoms with E-state index in [1.807, 2.05) is 36.4 Å². The average molecular weight is 299 g/mol. The first-order valence-corrected chi connectivity index (χ1v) is 7.35. The molecule has 0 saturated heterocycles. The second-order valence-corrected chi connectivity index (χ2v) is 5.11. The number of rotatable bonds is 7. The van der Waals surface area contributed by atoms with Gasteiger partial charge in [-0.2, -0.15) is 0 Å². The van der Waals surface area contributed by atoms with E-state index in [9.17, 15) is 9.90 Å². The van der Waals surface area contributed by atoms with Crippen molar-refractivity contribution in [1.82, 2.24) is 5.32 Å². The van der Waals surface area contributed by atoms with Crippen molar-refractivity contribution in [1.29, 1.82) is 0 Å². The monoisotopic (exact) mass is 299 g/mol. The Morgan fingerprint density at radius 1 is 1.14 bits per heavy atom. The minimum absolute atomic E-state index is 0.00444. The van der Waals surface area contributed by atoms with Gasteiger partial charge in [0, 0.05) is 12.1 Å². The van der Waals surface area contributed by atoms with E-state index in [0.717, 1.165) is 29.7 Å². The smallest absolute Gasteiger partial charge is 0.224 e. The predicted molar refractivity (Wildman–Crippen MR) is 86.1 cm³/mol. The van der Waals surface area contributed by atoms with Crippen LogP contribution in [0, 0.1) is 0 Å². The lowest BCUT2D eigenvalue weighted by Gasteiger charge is -2.09. The molecule has 1 amide bonds. The van der Waals surface area contributed by atoms with Gasteiger partial charge in [-0.1, -0.05) is 30.3 Å². The van der Waals surface area contributed by atoms with Crippen molar-refractivity contribution >= 4 is 5.91 Å². The SMILES string of the molecule is COc1ccccc1CC(=O)NCCCc1ccc(O)cc1. The quantitative estimate of drug-likeness (QED) is 0.773.